The number of hydrogen-bond donors (Lipinski definition) is 1. The first-order chi connectivity index (χ1) is 12.7. The Labute approximate surface area is 150 Å². The molecule has 26 heavy (non-hydrogen) atoms. The summed E-state index contributed by atoms with van der Waals surface area (Å²) in [5.74, 6) is 0.393. The molecule has 0 saturated heterocycles. The van der Waals surface area contributed by atoms with Gasteiger partial charge in [-0.3, -0.25) is 4.79 Å². The SMILES string of the molecule is COC(=O)c1ccccc1NC(=O)/C=C/c1ccc(-c2ccccc2)o1. The number of anilines is 1. The predicted molar refractivity (Wildman–Crippen MR) is 99.6 cm³/mol. The number of furan rings is 1. The number of carbonyl (C=O) groups is 2. The number of hydrogen-bond acceptors (Lipinski definition) is 4. The number of esters is 1. The molecule has 0 spiro atoms. The standard InChI is InChI=1S/C21H17NO4/c1-25-21(24)17-9-5-6-10-18(17)22-20(23)14-12-16-11-13-19(26-16)15-7-3-2-4-8-15/h2-14H,1H3,(H,22,23)/b14-12+. The van der Waals surface area contributed by atoms with E-state index in [2.05, 4.69) is 5.32 Å². The quantitative estimate of drug-likeness (QED) is 0.549. The van der Waals surface area contributed by atoms with Gasteiger partial charge in [-0.1, -0.05) is 42.5 Å². The van der Waals surface area contributed by atoms with Crippen LogP contribution < -0.4 is 5.32 Å². The van der Waals surface area contributed by atoms with E-state index < -0.39 is 5.97 Å². The smallest absolute Gasteiger partial charge is 0.339 e. The molecular formula is C21H17NO4. The summed E-state index contributed by atoms with van der Waals surface area (Å²) in [6, 6.07) is 20.0. The Morgan fingerprint density at radius 2 is 1.69 bits per heavy atom. The number of para-hydroxylation sites is 1. The Bertz CT molecular complexity index is 941. The van der Waals surface area contributed by atoms with Crippen molar-refractivity contribution in [3.8, 4) is 11.3 Å². The first-order valence-corrected chi connectivity index (χ1v) is 7.99. The van der Waals surface area contributed by atoms with Gasteiger partial charge < -0.3 is 14.5 Å². The molecule has 0 aliphatic carbocycles. The van der Waals surface area contributed by atoms with Gasteiger partial charge in [-0.05, 0) is 30.3 Å². The zero-order chi connectivity index (χ0) is 18.4. The number of methoxy groups -OCH3 is 1. The molecule has 0 aliphatic rings. The number of carbonyl (C=O) groups excluding carboxylic acids is 2. The van der Waals surface area contributed by atoms with E-state index in [1.165, 1.54) is 13.2 Å². The summed E-state index contributed by atoms with van der Waals surface area (Å²) in [5.41, 5.74) is 1.64. The van der Waals surface area contributed by atoms with Gasteiger partial charge in [-0.15, -0.1) is 0 Å². The highest BCUT2D eigenvalue weighted by atomic mass is 16.5. The molecule has 0 saturated carbocycles. The van der Waals surface area contributed by atoms with Crippen LogP contribution in [0.4, 0.5) is 5.69 Å². The van der Waals surface area contributed by atoms with Gasteiger partial charge in [0.2, 0.25) is 5.91 Å². The largest absolute Gasteiger partial charge is 0.465 e. The van der Waals surface area contributed by atoms with Crippen LogP contribution in [-0.4, -0.2) is 19.0 Å². The lowest BCUT2D eigenvalue weighted by atomic mass is 10.2. The first kappa shape index (κ1) is 17.2. The van der Waals surface area contributed by atoms with E-state index in [0.717, 1.165) is 11.3 Å². The molecule has 0 aliphatic heterocycles. The molecule has 0 radical (unpaired) electrons. The molecule has 1 aromatic heterocycles. The van der Waals surface area contributed by atoms with E-state index >= 15 is 0 Å². The van der Waals surface area contributed by atoms with E-state index in [9.17, 15) is 9.59 Å². The van der Waals surface area contributed by atoms with E-state index in [1.54, 1.807) is 36.4 Å². The van der Waals surface area contributed by atoms with E-state index in [-0.39, 0.29) is 5.91 Å². The van der Waals surface area contributed by atoms with Crippen LogP contribution in [0.3, 0.4) is 0 Å². The summed E-state index contributed by atoms with van der Waals surface area (Å²) in [4.78, 5) is 23.9. The Morgan fingerprint density at radius 1 is 0.962 bits per heavy atom. The molecule has 5 nitrogen and oxygen atoms in total. The summed E-state index contributed by atoms with van der Waals surface area (Å²) in [6.45, 7) is 0. The van der Waals surface area contributed by atoms with Crippen LogP contribution in [0.2, 0.25) is 0 Å². The van der Waals surface area contributed by atoms with Crippen LogP contribution in [0.1, 0.15) is 16.1 Å². The van der Waals surface area contributed by atoms with Gasteiger partial charge in [0.05, 0.1) is 18.4 Å². The van der Waals surface area contributed by atoms with Gasteiger partial charge in [0.15, 0.2) is 0 Å². The number of rotatable bonds is 5. The van der Waals surface area contributed by atoms with Crippen LogP contribution in [0.15, 0.2) is 77.2 Å². The third kappa shape index (κ3) is 4.08. The van der Waals surface area contributed by atoms with Gasteiger partial charge in [0.25, 0.3) is 0 Å². The minimum Gasteiger partial charge on any atom is -0.465 e. The average Bonchev–Trinajstić information content (AvgIpc) is 3.16. The maximum absolute atomic E-state index is 12.1. The monoisotopic (exact) mass is 347 g/mol. The second-order valence-electron chi connectivity index (χ2n) is 5.43. The molecular weight excluding hydrogens is 330 g/mol. The fourth-order valence-corrected chi connectivity index (χ4v) is 2.41. The van der Waals surface area contributed by atoms with Crippen molar-refractivity contribution in [3.05, 3.63) is 84.1 Å². The van der Waals surface area contributed by atoms with Crippen LogP contribution in [0.25, 0.3) is 17.4 Å². The maximum atomic E-state index is 12.1. The molecule has 0 unspecified atom stereocenters. The molecule has 130 valence electrons. The van der Waals surface area contributed by atoms with Crippen molar-refractivity contribution in [1.29, 1.82) is 0 Å². The molecule has 1 N–H and O–H groups in total. The fourth-order valence-electron chi connectivity index (χ4n) is 2.41. The summed E-state index contributed by atoms with van der Waals surface area (Å²) in [7, 11) is 1.29. The van der Waals surface area contributed by atoms with Gasteiger partial charge in [0.1, 0.15) is 11.5 Å². The van der Waals surface area contributed by atoms with E-state index in [4.69, 9.17) is 9.15 Å². The van der Waals surface area contributed by atoms with Crippen molar-refractivity contribution in [1.82, 2.24) is 0 Å². The molecule has 0 fully saturated rings. The summed E-state index contributed by atoms with van der Waals surface area (Å²) in [5, 5.41) is 2.67. The zero-order valence-corrected chi connectivity index (χ0v) is 14.1. The lowest BCUT2D eigenvalue weighted by molar-refractivity contribution is -0.111. The zero-order valence-electron chi connectivity index (χ0n) is 14.1. The van der Waals surface area contributed by atoms with Crippen molar-refractivity contribution >= 4 is 23.6 Å². The number of benzene rings is 2. The fraction of sp³-hybridized carbons (Fsp3) is 0.0476. The number of ether oxygens (including phenoxy) is 1. The van der Waals surface area contributed by atoms with Crippen molar-refractivity contribution < 1.29 is 18.7 Å². The Balaban J connectivity index is 1.70. The van der Waals surface area contributed by atoms with Gasteiger partial charge in [0, 0.05) is 11.6 Å². The van der Waals surface area contributed by atoms with Crippen LogP contribution in [0, 0.1) is 0 Å². The Hall–Kier alpha value is -3.60. The highest BCUT2D eigenvalue weighted by Gasteiger charge is 2.12. The maximum Gasteiger partial charge on any atom is 0.339 e. The minimum absolute atomic E-state index is 0.293. The third-order valence-electron chi connectivity index (χ3n) is 3.67. The predicted octanol–water partition coefficient (Wildman–Crippen LogP) is 4.39. The molecule has 3 aromatic rings. The molecule has 5 heteroatoms. The molecule has 0 bridgehead atoms. The second kappa shape index (κ2) is 7.98. The van der Waals surface area contributed by atoms with E-state index in [0.29, 0.717) is 17.0 Å². The van der Waals surface area contributed by atoms with Gasteiger partial charge in [-0.2, -0.15) is 0 Å². The molecule has 1 amide bonds. The molecule has 2 aromatic carbocycles. The average molecular weight is 347 g/mol. The molecule has 0 atom stereocenters. The highest BCUT2D eigenvalue weighted by Crippen LogP contribution is 2.22. The number of nitrogens with one attached hydrogen (secondary N) is 1. The van der Waals surface area contributed by atoms with E-state index in [1.807, 2.05) is 36.4 Å². The Morgan fingerprint density at radius 3 is 2.46 bits per heavy atom. The minimum atomic E-state index is -0.511. The van der Waals surface area contributed by atoms with Gasteiger partial charge in [-0.25, -0.2) is 4.79 Å². The van der Waals surface area contributed by atoms with Crippen molar-refractivity contribution in [2.75, 3.05) is 12.4 Å². The van der Waals surface area contributed by atoms with Crippen LogP contribution in [-0.2, 0) is 9.53 Å². The summed E-state index contributed by atoms with van der Waals surface area (Å²) in [6.07, 6.45) is 2.92. The lowest BCUT2D eigenvalue weighted by Gasteiger charge is -2.07. The normalized spacial score (nSPS) is 10.7. The summed E-state index contributed by atoms with van der Waals surface area (Å²) < 4.78 is 10.4. The van der Waals surface area contributed by atoms with Crippen molar-refractivity contribution in [2.24, 2.45) is 0 Å². The number of amides is 1. The van der Waals surface area contributed by atoms with Crippen molar-refractivity contribution in [3.63, 3.8) is 0 Å². The lowest BCUT2D eigenvalue weighted by Crippen LogP contribution is -2.12. The highest BCUT2D eigenvalue weighted by molar-refractivity contribution is 6.06. The van der Waals surface area contributed by atoms with Crippen LogP contribution in [0.5, 0.6) is 0 Å². The summed E-state index contributed by atoms with van der Waals surface area (Å²) >= 11 is 0. The third-order valence-corrected chi connectivity index (χ3v) is 3.67. The first-order valence-electron chi connectivity index (χ1n) is 7.99. The molecule has 3 rings (SSSR count). The topological polar surface area (TPSA) is 68.5 Å². The second-order valence-corrected chi connectivity index (χ2v) is 5.43. The van der Waals surface area contributed by atoms with Gasteiger partial charge >= 0.3 is 5.97 Å². The van der Waals surface area contributed by atoms with Crippen molar-refractivity contribution in [2.45, 2.75) is 0 Å². The van der Waals surface area contributed by atoms with Crippen LogP contribution >= 0.6 is 0 Å². The Kier molecular flexibility index (Phi) is 5.29. The molecule has 1 heterocycles.